The summed E-state index contributed by atoms with van der Waals surface area (Å²) in [7, 11) is 0. The molecule has 0 aromatic carbocycles. The van der Waals surface area contributed by atoms with Crippen LogP contribution in [0.15, 0.2) is 6.07 Å². The zero-order valence-corrected chi connectivity index (χ0v) is 12.9. The topological polar surface area (TPSA) is 70.5 Å². The van der Waals surface area contributed by atoms with Gasteiger partial charge in [-0.3, -0.25) is 0 Å². The number of nitrogens with one attached hydrogen (secondary N) is 1. The molecule has 0 amide bonds. The molecule has 0 radical (unpaired) electrons. The van der Waals surface area contributed by atoms with Gasteiger partial charge in [0.1, 0.15) is 5.82 Å². The van der Waals surface area contributed by atoms with E-state index < -0.39 is 0 Å². The highest BCUT2D eigenvalue weighted by Gasteiger charge is 2.29. The Labute approximate surface area is 130 Å². The Morgan fingerprint density at radius 3 is 2.68 bits per heavy atom. The fourth-order valence-corrected chi connectivity index (χ4v) is 3.54. The number of aromatic nitrogens is 2. The summed E-state index contributed by atoms with van der Waals surface area (Å²) in [5, 5.41) is 13.1. The smallest absolute Gasteiger partial charge is 0.227 e. The molecular weight excluding hydrogens is 280 g/mol. The van der Waals surface area contributed by atoms with Crippen LogP contribution in [0.25, 0.3) is 0 Å². The highest BCUT2D eigenvalue weighted by molar-refractivity contribution is 5.47. The maximum atomic E-state index is 9.53. The Hall–Kier alpha value is -1.40. The number of rotatable bonds is 4. The third-order valence-corrected chi connectivity index (χ3v) is 4.93. The lowest BCUT2D eigenvalue weighted by Crippen LogP contribution is -2.51. The Kier molecular flexibility index (Phi) is 3.88. The normalized spacial score (nSPS) is 26.4. The number of aliphatic hydroxyl groups is 1. The number of ether oxygens (including phenoxy) is 1. The molecule has 0 bridgehead atoms. The second-order valence-electron chi connectivity index (χ2n) is 6.72. The average Bonchev–Trinajstić information content (AvgIpc) is 3.16. The molecule has 0 spiro atoms. The van der Waals surface area contributed by atoms with Gasteiger partial charge in [-0.1, -0.05) is 12.8 Å². The van der Waals surface area contributed by atoms with Crippen LogP contribution in [0, 0.1) is 0 Å². The van der Waals surface area contributed by atoms with Crippen LogP contribution in [0.2, 0.25) is 0 Å². The first-order chi connectivity index (χ1) is 10.8. The molecule has 1 saturated carbocycles. The minimum atomic E-state index is -0.242. The molecule has 2 saturated heterocycles. The summed E-state index contributed by atoms with van der Waals surface area (Å²) in [6.45, 7) is 2.83. The summed E-state index contributed by atoms with van der Waals surface area (Å²) in [6, 6.07) is 2.63. The molecule has 4 rings (SSSR count). The SMILES string of the molecule is OC1CN(c2nc(NC3CCCC3)cc([C@H]3CCOC3)n2)C1. The molecule has 3 aliphatic rings. The van der Waals surface area contributed by atoms with Gasteiger partial charge in [-0.25, -0.2) is 4.98 Å². The van der Waals surface area contributed by atoms with E-state index in [1.807, 2.05) is 4.90 Å². The summed E-state index contributed by atoms with van der Waals surface area (Å²) in [5.41, 5.74) is 1.07. The second kappa shape index (κ2) is 6.01. The second-order valence-corrected chi connectivity index (χ2v) is 6.72. The molecule has 0 unspecified atom stereocenters. The first-order valence-corrected chi connectivity index (χ1v) is 8.44. The van der Waals surface area contributed by atoms with E-state index in [1.165, 1.54) is 25.7 Å². The van der Waals surface area contributed by atoms with Crippen LogP contribution in [0.1, 0.15) is 43.7 Å². The van der Waals surface area contributed by atoms with Crippen molar-refractivity contribution in [3.05, 3.63) is 11.8 Å². The number of β-amino-alcohol motifs (C(OH)–C–C–N with tert-alkyl or cyclic N) is 1. The van der Waals surface area contributed by atoms with Crippen LogP contribution in [0.5, 0.6) is 0 Å². The lowest BCUT2D eigenvalue weighted by atomic mass is 10.0. The highest BCUT2D eigenvalue weighted by Crippen LogP contribution is 2.29. The Morgan fingerprint density at radius 1 is 1.18 bits per heavy atom. The quantitative estimate of drug-likeness (QED) is 0.879. The van der Waals surface area contributed by atoms with Gasteiger partial charge in [-0.05, 0) is 19.3 Å². The number of hydrogen-bond donors (Lipinski definition) is 2. The average molecular weight is 304 g/mol. The van der Waals surface area contributed by atoms with E-state index >= 15 is 0 Å². The highest BCUT2D eigenvalue weighted by atomic mass is 16.5. The van der Waals surface area contributed by atoms with Crippen LogP contribution < -0.4 is 10.2 Å². The largest absolute Gasteiger partial charge is 0.389 e. The van der Waals surface area contributed by atoms with E-state index in [9.17, 15) is 5.11 Å². The van der Waals surface area contributed by atoms with E-state index in [-0.39, 0.29) is 6.10 Å². The summed E-state index contributed by atoms with van der Waals surface area (Å²) in [5.74, 6) is 2.05. The lowest BCUT2D eigenvalue weighted by Gasteiger charge is -2.36. The van der Waals surface area contributed by atoms with E-state index in [2.05, 4.69) is 16.4 Å². The zero-order chi connectivity index (χ0) is 14.9. The molecule has 6 heteroatoms. The number of hydrogen-bond acceptors (Lipinski definition) is 6. The van der Waals surface area contributed by atoms with Gasteiger partial charge < -0.3 is 20.1 Å². The van der Waals surface area contributed by atoms with Crippen LogP contribution in [0.4, 0.5) is 11.8 Å². The zero-order valence-electron chi connectivity index (χ0n) is 12.9. The third-order valence-electron chi connectivity index (χ3n) is 4.93. The van der Waals surface area contributed by atoms with Gasteiger partial charge in [0.05, 0.1) is 18.4 Å². The van der Waals surface area contributed by atoms with Crippen molar-refractivity contribution >= 4 is 11.8 Å². The lowest BCUT2D eigenvalue weighted by molar-refractivity contribution is 0.140. The molecule has 6 nitrogen and oxygen atoms in total. The van der Waals surface area contributed by atoms with Gasteiger partial charge in [-0.2, -0.15) is 4.98 Å². The van der Waals surface area contributed by atoms with Gasteiger partial charge in [0, 0.05) is 37.7 Å². The Balaban J connectivity index is 1.57. The first kappa shape index (κ1) is 14.2. The monoisotopic (exact) mass is 304 g/mol. The molecule has 120 valence electrons. The summed E-state index contributed by atoms with van der Waals surface area (Å²) in [6.07, 6.45) is 5.84. The molecule has 3 heterocycles. The van der Waals surface area contributed by atoms with Crippen molar-refractivity contribution in [3.8, 4) is 0 Å². The molecule has 1 aliphatic carbocycles. The minimum absolute atomic E-state index is 0.242. The predicted molar refractivity (Wildman–Crippen MR) is 84.3 cm³/mol. The summed E-state index contributed by atoms with van der Waals surface area (Å²) in [4.78, 5) is 11.5. The number of aliphatic hydroxyl groups excluding tert-OH is 1. The van der Waals surface area contributed by atoms with E-state index in [1.54, 1.807) is 0 Å². The summed E-state index contributed by atoms with van der Waals surface area (Å²) >= 11 is 0. The van der Waals surface area contributed by atoms with Gasteiger partial charge in [0.2, 0.25) is 5.95 Å². The molecule has 2 aliphatic heterocycles. The molecule has 1 aromatic heterocycles. The minimum Gasteiger partial charge on any atom is -0.389 e. The van der Waals surface area contributed by atoms with E-state index in [0.29, 0.717) is 25.0 Å². The van der Waals surface area contributed by atoms with E-state index in [0.717, 1.165) is 37.1 Å². The van der Waals surface area contributed by atoms with Gasteiger partial charge in [0.25, 0.3) is 0 Å². The van der Waals surface area contributed by atoms with Gasteiger partial charge in [0.15, 0.2) is 0 Å². The van der Waals surface area contributed by atoms with Gasteiger partial charge >= 0.3 is 0 Å². The van der Waals surface area contributed by atoms with Crippen molar-refractivity contribution in [3.63, 3.8) is 0 Å². The molecule has 3 fully saturated rings. The maximum Gasteiger partial charge on any atom is 0.227 e. The van der Waals surface area contributed by atoms with Crippen molar-refractivity contribution in [2.24, 2.45) is 0 Å². The van der Waals surface area contributed by atoms with Gasteiger partial charge in [-0.15, -0.1) is 0 Å². The summed E-state index contributed by atoms with van der Waals surface area (Å²) < 4.78 is 5.51. The van der Waals surface area contributed by atoms with Crippen LogP contribution in [-0.4, -0.2) is 53.5 Å². The molecular formula is C16H24N4O2. The van der Waals surface area contributed by atoms with Crippen LogP contribution in [-0.2, 0) is 4.74 Å². The Morgan fingerprint density at radius 2 is 2.00 bits per heavy atom. The standard InChI is InChI=1S/C16H24N4O2/c21-13-8-20(9-13)16-18-14(11-5-6-22-10-11)7-15(19-16)17-12-3-1-2-4-12/h7,11-13,21H,1-6,8-10H2,(H,17,18,19)/t11-/m0/s1. The molecule has 1 atom stereocenters. The molecule has 2 N–H and O–H groups in total. The third kappa shape index (κ3) is 2.90. The van der Waals surface area contributed by atoms with Crippen molar-refractivity contribution in [1.29, 1.82) is 0 Å². The van der Waals surface area contributed by atoms with Crippen molar-refractivity contribution in [1.82, 2.24) is 9.97 Å². The predicted octanol–water partition coefficient (Wildman–Crippen LogP) is 1.52. The Bertz CT molecular complexity index is 521. The fraction of sp³-hybridized carbons (Fsp3) is 0.750. The van der Waals surface area contributed by atoms with Crippen molar-refractivity contribution in [2.45, 2.75) is 50.2 Å². The number of anilines is 2. The van der Waals surface area contributed by atoms with Crippen LogP contribution >= 0.6 is 0 Å². The fourth-order valence-electron chi connectivity index (χ4n) is 3.54. The molecule has 22 heavy (non-hydrogen) atoms. The van der Waals surface area contributed by atoms with E-state index in [4.69, 9.17) is 9.72 Å². The first-order valence-electron chi connectivity index (χ1n) is 8.44. The number of nitrogens with zero attached hydrogens (tertiary/aromatic N) is 3. The molecule has 1 aromatic rings. The maximum absolute atomic E-state index is 9.53. The van der Waals surface area contributed by atoms with Crippen molar-refractivity contribution < 1.29 is 9.84 Å². The van der Waals surface area contributed by atoms with Crippen LogP contribution in [0.3, 0.4) is 0 Å². The van der Waals surface area contributed by atoms with Crippen molar-refractivity contribution in [2.75, 3.05) is 36.5 Å².